The molecule has 0 aliphatic rings. The molecule has 1 N–H and O–H groups in total. The van der Waals surface area contributed by atoms with E-state index in [1.54, 1.807) is 21.1 Å². The topological polar surface area (TPSA) is 128 Å². The molecule has 0 aliphatic heterocycles. The van der Waals surface area contributed by atoms with Crippen LogP contribution >= 0.6 is 0 Å². The highest BCUT2D eigenvalue weighted by atomic mass is 16.7. The van der Waals surface area contributed by atoms with E-state index in [0.29, 0.717) is 26.4 Å². The van der Waals surface area contributed by atoms with Gasteiger partial charge in [0.25, 0.3) is 0 Å². The highest BCUT2D eigenvalue weighted by Crippen LogP contribution is 2.09. The Morgan fingerprint density at radius 3 is 1.91 bits per heavy atom. The van der Waals surface area contributed by atoms with Crippen molar-refractivity contribution in [1.29, 1.82) is 0 Å². The van der Waals surface area contributed by atoms with Crippen LogP contribution in [0.3, 0.4) is 0 Å². The molecule has 0 aromatic carbocycles. The zero-order valence-corrected chi connectivity index (χ0v) is 20.4. The van der Waals surface area contributed by atoms with Crippen LogP contribution in [0.5, 0.6) is 0 Å². The summed E-state index contributed by atoms with van der Waals surface area (Å²) in [6.07, 6.45) is 3.27. The van der Waals surface area contributed by atoms with E-state index in [-0.39, 0.29) is 20.2 Å². The zero-order chi connectivity index (χ0) is 25.6. The van der Waals surface area contributed by atoms with Crippen molar-refractivity contribution in [2.24, 2.45) is 0 Å². The maximum Gasteiger partial charge on any atom is 0.330 e. The second-order valence-corrected chi connectivity index (χ2v) is 6.82. The van der Waals surface area contributed by atoms with Crippen molar-refractivity contribution in [3.63, 3.8) is 0 Å². The van der Waals surface area contributed by atoms with Gasteiger partial charge in [0.2, 0.25) is 0 Å². The molecule has 0 spiro atoms. The van der Waals surface area contributed by atoms with E-state index >= 15 is 0 Å². The Morgan fingerprint density at radius 1 is 0.853 bits per heavy atom. The van der Waals surface area contributed by atoms with Crippen LogP contribution in [0.2, 0.25) is 0 Å². The molecule has 0 rings (SSSR count). The van der Waals surface area contributed by atoms with Crippen LogP contribution in [0.25, 0.3) is 0 Å². The highest BCUT2D eigenvalue weighted by Gasteiger charge is 2.20. The predicted octanol–water partition coefficient (Wildman–Crippen LogP) is 1.15. The molecule has 11 heteroatoms. The molecule has 0 aliphatic carbocycles. The number of carbonyl (C=O) groups is 2. The van der Waals surface area contributed by atoms with Gasteiger partial charge in [-0.3, -0.25) is 0 Å². The highest BCUT2D eigenvalue weighted by molar-refractivity contribution is 5.82. The third-order valence-corrected chi connectivity index (χ3v) is 3.98. The standard InChI is InChI=1S/C23H38O11/c1-6-11-31-22(25)9-8-21(33-17-30-15-13-28-5)19(3)34-23(26)10-7-20(18(2)24)32-16-29-14-12-27-4/h6-10,18-21,24H,1,11-17H2,2-5H3/b9-8+,10-7+/t18-,19-,20+,21+/m0/s1. The summed E-state index contributed by atoms with van der Waals surface area (Å²) >= 11 is 0. The molecule has 0 saturated carbocycles. The summed E-state index contributed by atoms with van der Waals surface area (Å²) in [5.41, 5.74) is 0. The molecular weight excluding hydrogens is 452 g/mol. The molecular formula is C23H38O11. The van der Waals surface area contributed by atoms with Crippen LogP contribution in [-0.4, -0.2) is 102 Å². The van der Waals surface area contributed by atoms with Gasteiger partial charge in [0.15, 0.2) is 0 Å². The number of aliphatic hydroxyl groups is 1. The van der Waals surface area contributed by atoms with Gasteiger partial charge >= 0.3 is 11.9 Å². The number of ether oxygens (including phenoxy) is 8. The Labute approximate surface area is 201 Å². The minimum absolute atomic E-state index is 0.0636. The molecule has 0 unspecified atom stereocenters. The molecule has 4 atom stereocenters. The zero-order valence-electron chi connectivity index (χ0n) is 20.4. The van der Waals surface area contributed by atoms with Crippen molar-refractivity contribution in [3.05, 3.63) is 37.0 Å². The number of esters is 2. The summed E-state index contributed by atoms with van der Waals surface area (Å²) in [6, 6.07) is 0. The summed E-state index contributed by atoms with van der Waals surface area (Å²) in [7, 11) is 3.09. The third kappa shape index (κ3) is 17.4. The average Bonchev–Trinajstić information content (AvgIpc) is 2.80. The first-order valence-corrected chi connectivity index (χ1v) is 10.7. The third-order valence-electron chi connectivity index (χ3n) is 3.98. The Kier molecular flexibility index (Phi) is 20.1. The lowest BCUT2D eigenvalue weighted by atomic mass is 10.2. The minimum Gasteiger partial charge on any atom is -0.458 e. The van der Waals surface area contributed by atoms with Crippen molar-refractivity contribution in [3.8, 4) is 0 Å². The molecule has 11 nitrogen and oxygen atoms in total. The lowest BCUT2D eigenvalue weighted by Gasteiger charge is -2.21. The summed E-state index contributed by atoms with van der Waals surface area (Å²) in [6.45, 7) is 7.88. The Morgan fingerprint density at radius 2 is 1.38 bits per heavy atom. The van der Waals surface area contributed by atoms with Gasteiger partial charge in [-0.2, -0.15) is 0 Å². The van der Waals surface area contributed by atoms with Crippen LogP contribution < -0.4 is 0 Å². The summed E-state index contributed by atoms with van der Waals surface area (Å²) in [5, 5.41) is 9.83. The Bertz CT molecular complexity index is 604. The summed E-state index contributed by atoms with van der Waals surface area (Å²) < 4.78 is 41.4. The van der Waals surface area contributed by atoms with Gasteiger partial charge < -0.3 is 43.0 Å². The number of methoxy groups -OCH3 is 2. The van der Waals surface area contributed by atoms with Crippen molar-refractivity contribution in [1.82, 2.24) is 0 Å². The number of rotatable bonds is 21. The molecule has 0 bridgehead atoms. The molecule has 0 amide bonds. The molecule has 34 heavy (non-hydrogen) atoms. The van der Waals surface area contributed by atoms with Gasteiger partial charge in [0, 0.05) is 26.4 Å². The maximum atomic E-state index is 12.3. The van der Waals surface area contributed by atoms with Gasteiger partial charge in [-0.15, -0.1) is 0 Å². The molecule has 0 heterocycles. The summed E-state index contributed by atoms with van der Waals surface area (Å²) in [4.78, 5) is 24.0. The van der Waals surface area contributed by atoms with E-state index in [0.717, 1.165) is 6.08 Å². The second kappa shape index (κ2) is 21.4. The quantitative estimate of drug-likeness (QED) is 0.0818. The number of aliphatic hydroxyl groups excluding tert-OH is 1. The van der Waals surface area contributed by atoms with Gasteiger partial charge in [-0.25, -0.2) is 9.59 Å². The lowest BCUT2D eigenvalue weighted by molar-refractivity contribution is -0.155. The van der Waals surface area contributed by atoms with E-state index in [4.69, 9.17) is 37.9 Å². The molecule has 196 valence electrons. The first-order chi connectivity index (χ1) is 16.3. The van der Waals surface area contributed by atoms with E-state index in [9.17, 15) is 14.7 Å². The first kappa shape index (κ1) is 31.9. The van der Waals surface area contributed by atoms with Crippen molar-refractivity contribution in [2.75, 3.05) is 60.8 Å². The van der Waals surface area contributed by atoms with Crippen LogP contribution in [0, 0.1) is 0 Å². The first-order valence-electron chi connectivity index (χ1n) is 10.7. The van der Waals surface area contributed by atoms with Crippen molar-refractivity contribution < 1.29 is 52.6 Å². The van der Waals surface area contributed by atoms with Crippen LogP contribution in [-0.2, 0) is 47.5 Å². The summed E-state index contributed by atoms with van der Waals surface area (Å²) in [5.74, 6) is -1.30. The smallest absolute Gasteiger partial charge is 0.330 e. The largest absolute Gasteiger partial charge is 0.458 e. The van der Waals surface area contributed by atoms with E-state index in [1.807, 2.05) is 0 Å². The fraction of sp³-hybridized carbons (Fsp3) is 0.652. The van der Waals surface area contributed by atoms with Crippen LogP contribution in [0.15, 0.2) is 37.0 Å². The van der Waals surface area contributed by atoms with E-state index < -0.39 is 36.4 Å². The van der Waals surface area contributed by atoms with Gasteiger partial charge in [0.05, 0.1) is 32.5 Å². The normalized spacial score (nSPS) is 15.2. The van der Waals surface area contributed by atoms with Crippen LogP contribution in [0.1, 0.15) is 13.8 Å². The fourth-order valence-electron chi connectivity index (χ4n) is 2.18. The molecule has 0 aromatic rings. The maximum absolute atomic E-state index is 12.3. The Balaban J connectivity index is 4.88. The predicted molar refractivity (Wildman–Crippen MR) is 122 cm³/mol. The second-order valence-electron chi connectivity index (χ2n) is 6.82. The monoisotopic (exact) mass is 490 g/mol. The molecule has 0 aromatic heterocycles. The van der Waals surface area contributed by atoms with E-state index in [2.05, 4.69) is 6.58 Å². The molecule has 0 fully saturated rings. The molecule has 0 saturated heterocycles. The van der Waals surface area contributed by atoms with E-state index in [1.165, 1.54) is 31.2 Å². The van der Waals surface area contributed by atoms with Gasteiger partial charge in [0.1, 0.15) is 38.5 Å². The number of carbonyl (C=O) groups excluding carboxylic acids is 2. The van der Waals surface area contributed by atoms with Gasteiger partial charge in [-0.1, -0.05) is 12.7 Å². The minimum atomic E-state index is -0.891. The van der Waals surface area contributed by atoms with Crippen molar-refractivity contribution in [2.45, 2.75) is 38.3 Å². The number of hydrogen-bond acceptors (Lipinski definition) is 11. The van der Waals surface area contributed by atoms with Crippen molar-refractivity contribution >= 4 is 11.9 Å². The Hall–Kier alpha value is -2.12. The lowest BCUT2D eigenvalue weighted by Crippen LogP contribution is -2.31. The average molecular weight is 491 g/mol. The van der Waals surface area contributed by atoms with Crippen LogP contribution in [0.4, 0.5) is 0 Å². The fourth-order valence-corrected chi connectivity index (χ4v) is 2.18. The van der Waals surface area contributed by atoms with Gasteiger partial charge in [-0.05, 0) is 26.0 Å². The SMILES string of the molecule is C=CCOC(=O)/C=C/[C@@H](OCOCCOC)[C@H](C)OC(=O)/C=C/[C@@H](OCOCCOC)[C@H](C)O. The molecule has 0 radical (unpaired) electrons. The number of hydrogen-bond donors (Lipinski definition) is 1.